The van der Waals surface area contributed by atoms with E-state index in [4.69, 9.17) is 23.2 Å². The van der Waals surface area contributed by atoms with E-state index in [2.05, 4.69) is 21.1 Å². The van der Waals surface area contributed by atoms with E-state index >= 15 is 0 Å². The zero-order valence-electron chi connectivity index (χ0n) is 16.3. The van der Waals surface area contributed by atoms with Crippen molar-refractivity contribution in [2.24, 2.45) is 0 Å². The number of fused-ring (bicyclic) bond motifs is 1. The Balaban J connectivity index is 1.46. The fourth-order valence-electron chi connectivity index (χ4n) is 2.79. The Labute approximate surface area is 184 Å². The summed E-state index contributed by atoms with van der Waals surface area (Å²) in [6, 6.07) is 13.3. The number of carbonyl (C=O) groups is 1. The maximum atomic E-state index is 12.7. The predicted octanol–water partition coefficient (Wildman–Crippen LogP) is 4.88. The molecule has 0 aliphatic heterocycles. The predicted molar refractivity (Wildman–Crippen MR) is 114 cm³/mol. The molecule has 2 aromatic heterocycles. The first-order valence-corrected chi connectivity index (χ1v) is 10.0. The molecule has 0 N–H and O–H groups in total. The first-order chi connectivity index (χ1) is 15.0. The first-order valence-electron chi connectivity index (χ1n) is 9.21. The molecule has 0 unspecified atom stereocenters. The van der Waals surface area contributed by atoms with E-state index in [-0.39, 0.29) is 28.9 Å². The Morgan fingerprint density at radius 3 is 2.74 bits per heavy atom. The van der Waals surface area contributed by atoms with Gasteiger partial charge in [0.2, 0.25) is 11.2 Å². The van der Waals surface area contributed by atoms with Gasteiger partial charge in [0, 0.05) is 18.6 Å². The zero-order chi connectivity index (χ0) is 21.8. The van der Waals surface area contributed by atoms with Crippen molar-refractivity contribution in [1.29, 1.82) is 0 Å². The second-order valence-corrected chi connectivity index (χ2v) is 7.28. The number of aryl methyl sites for hydroxylation is 1. The van der Waals surface area contributed by atoms with Crippen LogP contribution in [0.4, 0.5) is 0 Å². The average molecular weight is 486 g/mol. The number of esters is 1. The summed E-state index contributed by atoms with van der Waals surface area (Å²) >= 11 is 3.37. The van der Waals surface area contributed by atoms with Gasteiger partial charge in [0.25, 0.3) is 5.88 Å². The lowest BCUT2D eigenvalue weighted by Crippen LogP contribution is -2.09. The van der Waals surface area contributed by atoms with Gasteiger partial charge in [-0.3, -0.25) is 9.59 Å². The van der Waals surface area contributed by atoms with E-state index in [1.54, 1.807) is 24.3 Å². The summed E-state index contributed by atoms with van der Waals surface area (Å²) in [6.07, 6.45) is 1.62. The number of methoxy groups -OCH3 is 1. The van der Waals surface area contributed by atoms with Crippen LogP contribution in [0.3, 0.4) is 0 Å². The van der Waals surface area contributed by atoms with Gasteiger partial charge in [0.1, 0.15) is 29.1 Å². The van der Waals surface area contributed by atoms with E-state index in [0.29, 0.717) is 33.7 Å². The fraction of sp³-hybridized carbons (Fsp3) is 0.136. The van der Waals surface area contributed by atoms with E-state index < -0.39 is 5.97 Å². The Kier molecular flexibility index (Phi) is 6.03. The number of halogens is 1. The normalized spacial score (nSPS) is 10.8. The molecule has 4 rings (SSSR count). The molecule has 158 valence electrons. The molecule has 2 aromatic carbocycles. The highest BCUT2D eigenvalue weighted by Gasteiger charge is 2.14. The number of carbonyl (C=O) groups excluding carboxylic acids is 1. The Morgan fingerprint density at radius 2 is 1.97 bits per heavy atom. The minimum Gasteiger partial charge on any atom is -0.479 e. The molecule has 0 amide bonds. The Hall–Kier alpha value is -3.59. The molecule has 0 saturated heterocycles. The van der Waals surface area contributed by atoms with E-state index in [9.17, 15) is 9.59 Å². The average Bonchev–Trinajstić information content (AvgIpc) is 3.24. The Morgan fingerprint density at radius 1 is 1.13 bits per heavy atom. The molecule has 4 aromatic rings. The maximum absolute atomic E-state index is 12.7. The molecule has 0 aliphatic carbocycles. The van der Waals surface area contributed by atoms with Gasteiger partial charge in [0.05, 0.1) is 23.4 Å². The molecule has 0 atom stereocenters. The number of nitrogens with zero attached hydrogens (tertiary/aromatic N) is 1. The van der Waals surface area contributed by atoms with Crippen LogP contribution in [0.15, 0.2) is 73.0 Å². The summed E-state index contributed by atoms with van der Waals surface area (Å²) in [5.41, 5.74) is -0.0658. The van der Waals surface area contributed by atoms with Crippen molar-refractivity contribution in [2.75, 3.05) is 7.11 Å². The highest BCUT2D eigenvalue weighted by molar-refractivity contribution is 9.10. The van der Waals surface area contributed by atoms with Crippen LogP contribution in [-0.2, 0) is 11.2 Å². The number of ether oxygens (including phenoxy) is 3. The molecule has 0 spiro atoms. The van der Waals surface area contributed by atoms with Gasteiger partial charge in [-0.15, -0.1) is 0 Å². The number of rotatable bonds is 7. The number of hydrogen-bond donors (Lipinski definition) is 0. The third-order valence-electron chi connectivity index (χ3n) is 4.32. The molecule has 0 bridgehead atoms. The van der Waals surface area contributed by atoms with Gasteiger partial charge in [-0.2, -0.15) is 0 Å². The largest absolute Gasteiger partial charge is 0.479 e. The zero-order valence-corrected chi connectivity index (χ0v) is 17.9. The minimum atomic E-state index is -0.467. The van der Waals surface area contributed by atoms with Crippen LogP contribution in [0.25, 0.3) is 11.0 Å². The van der Waals surface area contributed by atoms with Gasteiger partial charge in [-0.05, 0) is 45.4 Å². The van der Waals surface area contributed by atoms with Crippen molar-refractivity contribution >= 4 is 32.9 Å². The SMILES string of the molecule is COc1cc(CCC(=O)Oc2ccc3c(=O)c(Oc4ccccc4Br)coc3c2)on1. The number of para-hydroxylation sites is 1. The lowest BCUT2D eigenvalue weighted by atomic mass is 10.2. The summed E-state index contributed by atoms with van der Waals surface area (Å²) in [5.74, 6) is 1.18. The van der Waals surface area contributed by atoms with Crippen LogP contribution in [0, 0.1) is 0 Å². The molecule has 0 aliphatic rings. The van der Waals surface area contributed by atoms with Gasteiger partial charge < -0.3 is 23.2 Å². The summed E-state index contributed by atoms with van der Waals surface area (Å²) in [4.78, 5) is 24.9. The summed E-state index contributed by atoms with van der Waals surface area (Å²) in [6.45, 7) is 0. The molecule has 9 heteroatoms. The minimum absolute atomic E-state index is 0.0478. The highest BCUT2D eigenvalue weighted by Crippen LogP contribution is 2.29. The maximum Gasteiger partial charge on any atom is 0.311 e. The molecule has 31 heavy (non-hydrogen) atoms. The number of benzene rings is 2. The fourth-order valence-corrected chi connectivity index (χ4v) is 3.15. The van der Waals surface area contributed by atoms with Gasteiger partial charge >= 0.3 is 5.97 Å². The monoisotopic (exact) mass is 485 g/mol. The van der Waals surface area contributed by atoms with E-state index in [0.717, 1.165) is 0 Å². The third kappa shape index (κ3) is 4.77. The van der Waals surface area contributed by atoms with Crippen LogP contribution in [0.1, 0.15) is 12.2 Å². The summed E-state index contributed by atoms with van der Waals surface area (Å²) in [7, 11) is 1.48. The van der Waals surface area contributed by atoms with E-state index in [1.165, 1.54) is 31.6 Å². The standard InChI is InChI=1S/C22H16BrNO7/c1-27-20-11-14(31-24-20)7-9-21(25)29-13-6-8-15-18(10-13)28-12-19(22(15)26)30-17-5-3-2-4-16(17)23/h2-6,8,10-12H,7,9H2,1H3. The summed E-state index contributed by atoms with van der Waals surface area (Å²) in [5, 5.41) is 3.98. The lowest BCUT2D eigenvalue weighted by Gasteiger charge is -2.08. The van der Waals surface area contributed by atoms with Gasteiger partial charge in [-0.25, -0.2) is 0 Å². The molecular formula is C22H16BrNO7. The molecule has 0 radical (unpaired) electrons. The van der Waals surface area contributed by atoms with Crippen LogP contribution in [0.5, 0.6) is 23.1 Å². The molecule has 2 heterocycles. The number of aromatic nitrogens is 1. The topological polar surface area (TPSA) is 101 Å². The molecule has 0 fully saturated rings. The van der Waals surface area contributed by atoms with Crippen molar-refractivity contribution in [3.8, 4) is 23.1 Å². The van der Waals surface area contributed by atoms with Crippen molar-refractivity contribution in [1.82, 2.24) is 5.16 Å². The van der Waals surface area contributed by atoms with Crippen LogP contribution in [0.2, 0.25) is 0 Å². The van der Waals surface area contributed by atoms with E-state index in [1.807, 2.05) is 6.07 Å². The third-order valence-corrected chi connectivity index (χ3v) is 4.98. The second kappa shape index (κ2) is 9.05. The van der Waals surface area contributed by atoms with Crippen LogP contribution >= 0.6 is 15.9 Å². The molecule has 0 saturated carbocycles. The summed E-state index contributed by atoms with van der Waals surface area (Å²) < 4.78 is 27.2. The van der Waals surface area contributed by atoms with Crippen LogP contribution < -0.4 is 19.6 Å². The smallest absolute Gasteiger partial charge is 0.311 e. The quantitative estimate of drug-likeness (QED) is 0.269. The second-order valence-electron chi connectivity index (χ2n) is 6.43. The van der Waals surface area contributed by atoms with Crippen molar-refractivity contribution < 1.29 is 27.9 Å². The highest BCUT2D eigenvalue weighted by atomic mass is 79.9. The van der Waals surface area contributed by atoms with Crippen molar-refractivity contribution in [3.63, 3.8) is 0 Å². The van der Waals surface area contributed by atoms with Crippen LogP contribution in [-0.4, -0.2) is 18.2 Å². The van der Waals surface area contributed by atoms with Gasteiger partial charge in [-0.1, -0.05) is 12.1 Å². The van der Waals surface area contributed by atoms with Crippen molar-refractivity contribution in [3.05, 3.63) is 75.3 Å². The Bertz CT molecular complexity index is 1290. The van der Waals surface area contributed by atoms with Crippen molar-refractivity contribution in [2.45, 2.75) is 12.8 Å². The van der Waals surface area contributed by atoms with Gasteiger partial charge in [0.15, 0.2) is 0 Å². The molecular weight excluding hydrogens is 470 g/mol. The lowest BCUT2D eigenvalue weighted by molar-refractivity contribution is -0.134. The first kappa shape index (κ1) is 20.7. The molecule has 8 nitrogen and oxygen atoms in total. The number of hydrogen-bond acceptors (Lipinski definition) is 8.